The van der Waals surface area contributed by atoms with E-state index in [9.17, 15) is 9.18 Å². The summed E-state index contributed by atoms with van der Waals surface area (Å²) in [6.07, 6.45) is 0. The Morgan fingerprint density at radius 1 is 1.26 bits per heavy atom. The smallest absolute Gasteiger partial charge is 0.255 e. The molecule has 2 aromatic rings. The molecule has 0 bridgehead atoms. The molecule has 0 unspecified atom stereocenters. The molecule has 1 aliphatic heterocycles. The number of quaternary nitrogens is 1. The third kappa shape index (κ3) is 4.97. The van der Waals surface area contributed by atoms with Crippen LogP contribution in [0.5, 0.6) is 5.75 Å². The first-order chi connectivity index (χ1) is 13.1. The molecule has 1 fully saturated rings. The Labute approximate surface area is 163 Å². The van der Waals surface area contributed by atoms with Crippen LogP contribution < -0.4 is 15.0 Å². The number of ether oxygens (including phenoxy) is 2. The van der Waals surface area contributed by atoms with E-state index >= 15 is 0 Å². The van der Waals surface area contributed by atoms with Crippen LogP contribution in [0.15, 0.2) is 42.5 Å². The van der Waals surface area contributed by atoms with Gasteiger partial charge in [0.15, 0.2) is 0 Å². The SMILES string of the molecule is COc1ccc(Cl)cc1C(=O)NC[C@H](c1ccc(F)cc1)[NH+]1CCOCC1. The number of rotatable bonds is 6. The highest BCUT2D eigenvalue weighted by atomic mass is 35.5. The fourth-order valence-electron chi connectivity index (χ4n) is 3.32. The summed E-state index contributed by atoms with van der Waals surface area (Å²) in [6.45, 7) is 3.42. The highest BCUT2D eigenvalue weighted by Gasteiger charge is 2.27. The number of amides is 1. The normalized spacial score (nSPS) is 16.0. The maximum absolute atomic E-state index is 13.3. The molecule has 0 radical (unpaired) electrons. The van der Waals surface area contributed by atoms with Gasteiger partial charge in [-0.1, -0.05) is 23.7 Å². The lowest BCUT2D eigenvalue weighted by Crippen LogP contribution is -3.15. The number of nitrogens with one attached hydrogen (secondary N) is 2. The van der Waals surface area contributed by atoms with Gasteiger partial charge in [0.2, 0.25) is 0 Å². The van der Waals surface area contributed by atoms with Crippen molar-refractivity contribution in [3.63, 3.8) is 0 Å². The molecule has 5 nitrogen and oxygen atoms in total. The summed E-state index contributed by atoms with van der Waals surface area (Å²) in [6, 6.07) is 11.4. The molecule has 1 aliphatic rings. The zero-order chi connectivity index (χ0) is 19.2. The number of carbonyl (C=O) groups is 1. The second-order valence-corrected chi connectivity index (χ2v) is 6.87. The van der Waals surface area contributed by atoms with Crippen LogP contribution in [0, 0.1) is 5.82 Å². The molecule has 27 heavy (non-hydrogen) atoms. The summed E-state index contributed by atoms with van der Waals surface area (Å²) in [5, 5.41) is 3.45. The topological polar surface area (TPSA) is 52.0 Å². The Balaban J connectivity index is 1.77. The van der Waals surface area contributed by atoms with Crippen molar-refractivity contribution in [1.29, 1.82) is 0 Å². The van der Waals surface area contributed by atoms with Gasteiger partial charge in [0, 0.05) is 10.6 Å². The highest BCUT2D eigenvalue weighted by Crippen LogP contribution is 2.22. The molecule has 0 spiro atoms. The molecule has 1 heterocycles. The molecule has 0 aliphatic carbocycles. The van der Waals surface area contributed by atoms with Crippen molar-refractivity contribution >= 4 is 17.5 Å². The van der Waals surface area contributed by atoms with E-state index < -0.39 is 0 Å². The van der Waals surface area contributed by atoms with Gasteiger partial charge in [-0.25, -0.2) is 4.39 Å². The predicted octanol–water partition coefficient (Wildman–Crippen LogP) is 1.87. The second-order valence-electron chi connectivity index (χ2n) is 6.43. The zero-order valence-corrected chi connectivity index (χ0v) is 15.9. The van der Waals surface area contributed by atoms with E-state index in [2.05, 4.69) is 5.32 Å². The van der Waals surface area contributed by atoms with Gasteiger partial charge in [0.25, 0.3) is 5.91 Å². The van der Waals surface area contributed by atoms with Crippen LogP contribution in [0.3, 0.4) is 0 Å². The van der Waals surface area contributed by atoms with Gasteiger partial charge in [-0.05, 0) is 30.3 Å². The Morgan fingerprint density at radius 3 is 2.63 bits per heavy atom. The molecular weight excluding hydrogens is 371 g/mol. The molecule has 2 aromatic carbocycles. The maximum Gasteiger partial charge on any atom is 0.255 e. The monoisotopic (exact) mass is 393 g/mol. The van der Waals surface area contributed by atoms with Gasteiger partial charge in [-0.15, -0.1) is 0 Å². The molecule has 1 amide bonds. The average molecular weight is 394 g/mol. The van der Waals surface area contributed by atoms with E-state index in [4.69, 9.17) is 21.1 Å². The van der Waals surface area contributed by atoms with E-state index in [1.165, 1.54) is 24.1 Å². The largest absolute Gasteiger partial charge is 0.496 e. The van der Waals surface area contributed by atoms with Crippen LogP contribution in [0.25, 0.3) is 0 Å². The first-order valence-corrected chi connectivity index (χ1v) is 9.26. The Kier molecular flexibility index (Phi) is 6.66. The Morgan fingerprint density at radius 2 is 1.96 bits per heavy atom. The number of halogens is 2. The van der Waals surface area contributed by atoms with Crippen molar-refractivity contribution in [1.82, 2.24) is 5.32 Å². The Bertz CT molecular complexity index is 779. The number of benzene rings is 2. The van der Waals surface area contributed by atoms with Crippen LogP contribution >= 0.6 is 11.6 Å². The lowest BCUT2D eigenvalue weighted by molar-refractivity contribution is -0.937. The van der Waals surface area contributed by atoms with E-state index in [0.29, 0.717) is 36.1 Å². The molecule has 144 valence electrons. The first-order valence-electron chi connectivity index (χ1n) is 8.88. The van der Waals surface area contributed by atoms with E-state index in [0.717, 1.165) is 18.7 Å². The summed E-state index contributed by atoms with van der Waals surface area (Å²) in [5.74, 6) is -0.0646. The van der Waals surface area contributed by atoms with Gasteiger partial charge in [-0.2, -0.15) is 0 Å². The van der Waals surface area contributed by atoms with E-state index in [-0.39, 0.29) is 17.8 Å². The molecule has 3 rings (SSSR count). The van der Waals surface area contributed by atoms with E-state index in [1.807, 2.05) is 0 Å². The average Bonchev–Trinajstić information content (AvgIpc) is 2.70. The Hall–Kier alpha value is -2.15. The van der Waals surface area contributed by atoms with Gasteiger partial charge >= 0.3 is 0 Å². The number of hydrogen-bond donors (Lipinski definition) is 2. The van der Waals surface area contributed by atoms with Crippen molar-refractivity contribution < 1.29 is 23.6 Å². The van der Waals surface area contributed by atoms with E-state index in [1.54, 1.807) is 30.3 Å². The molecule has 0 aromatic heterocycles. The van der Waals surface area contributed by atoms with Crippen LogP contribution in [0.2, 0.25) is 5.02 Å². The molecule has 1 atom stereocenters. The quantitative estimate of drug-likeness (QED) is 0.788. The lowest BCUT2D eigenvalue weighted by Gasteiger charge is -2.32. The fraction of sp³-hybridized carbons (Fsp3) is 0.350. The van der Waals surface area contributed by atoms with Gasteiger partial charge in [0.1, 0.15) is 30.7 Å². The molecule has 2 N–H and O–H groups in total. The van der Waals surface area contributed by atoms with Crippen LogP contribution in [0.4, 0.5) is 4.39 Å². The van der Waals surface area contributed by atoms with Gasteiger partial charge in [0.05, 0.1) is 32.4 Å². The van der Waals surface area contributed by atoms with Crippen molar-refractivity contribution in [2.45, 2.75) is 6.04 Å². The number of methoxy groups -OCH3 is 1. The van der Waals surface area contributed by atoms with Gasteiger partial charge in [-0.3, -0.25) is 4.79 Å². The number of hydrogen-bond acceptors (Lipinski definition) is 3. The predicted molar refractivity (Wildman–Crippen MR) is 101 cm³/mol. The lowest BCUT2D eigenvalue weighted by atomic mass is 10.0. The standard InChI is InChI=1S/C20H22ClFN2O3/c1-26-19-7-4-15(21)12-17(19)20(25)23-13-18(24-8-10-27-11-9-24)14-2-5-16(22)6-3-14/h2-7,12,18H,8-11,13H2,1H3,(H,23,25)/p+1/t18-/m1/s1. The van der Waals surface area contributed by atoms with Crippen molar-refractivity contribution in [2.24, 2.45) is 0 Å². The van der Waals surface area contributed by atoms with Crippen LogP contribution in [0.1, 0.15) is 22.0 Å². The molecular formula is C20H23ClFN2O3+. The number of carbonyl (C=O) groups excluding carboxylic acids is 1. The fourth-order valence-corrected chi connectivity index (χ4v) is 3.49. The minimum absolute atomic E-state index is 0.00336. The number of morpholine rings is 1. The third-order valence-electron chi connectivity index (χ3n) is 4.77. The maximum atomic E-state index is 13.3. The first kappa shape index (κ1) is 19.6. The second kappa shape index (κ2) is 9.17. The minimum Gasteiger partial charge on any atom is -0.496 e. The summed E-state index contributed by atoms with van der Waals surface area (Å²) in [4.78, 5) is 14.0. The summed E-state index contributed by atoms with van der Waals surface area (Å²) in [7, 11) is 1.51. The van der Waals surface area contributed by atoms with Gasteiger partial charge < -0.3 is 19.7 Å². The minimum atomic E-state index is -0.276. The van der Waals surface area contributed by atoms with Crippen LogP contribution in [-0.2, 0) is 4.74 Å². The summed E-state index contributed by atoms with van der Waals surface area (Å²) >= 11 is 6.02. The summed E-state index contributed by atoms with van der Waals surface area (Å²) in [5.41, 5.74) is 1.37. The third-order valence-corrected chi connectivity index (χ3v) is 5.01. The molecule has 7 heteroatoms. The van der Waals surface area contributed by atoms with Crippen molar-refractivity contribution in [3.8, 4) is 5.75 Å². The highest BCUT2D eigenvalue weighted by molar-refractivity contribution is 6.31. The van der Waals surface area contributed by atoms with Crippen molar-refractivity contribution in [2.75, 3.05) is 40.0 Å². The molecule has 1 saturated heterocycles. The van der Waals surface area contributed by atoms with Crippen molar-refractivity contribution in [3.05, 3.63) is 64.4 Å². The zero-order valence-electron chi connectivity index (χ0n) is 15.1. The van der Waals surface area contributed by atoms with Crippen LogP contribution in [-0.4, -0.2) is 45.9 Å². The molecule has 0 saturated carbocycles. The summed E-state index contributed by atoms with van der Waals surface area (Å²) < 4.78 is 24.0.